The molecule has 96 valence electrons. The molecule has 1 aromatic carbocycles. The van der Waals surface area contributed by atoms with Crippen LogP contribution in [-0.4, -0.2) is 40.6 Å². The van der Waals surface area contributed by atoms with Gasteiger partial charge >= 0.3 is 0 Å². The van der Waals surface area contributed by atoms with Crippen molar-refractivity contribution in [2.45, 2.75) is 13.6 Å². The zero-order valence-corrected chi connectivity index (χ0v) is 10.5. The summed E-state index contributed by atoms with van der Waals surface area (Å²) in [5.41, 5.74) is 1.77. The van der Waals surface area contributed by atoms with Crippen LogP contribution in [0.15, 0.2) is 30.5 Å². The van der Waals surface area contributed by atoms with Gasteiger partial charge in [0.15, 0.2) is 6.29 Å². The number of fused-ring (bicyclic) bond motifs is 1. The van der Waals surface area contributed by atoms with Gasteiger partial charge in [0.2, 0.25) is 0 Å². The number of aliphatic hydroxyl groups is 1. The third kappa shape index (κ3) is 2.44. The number of aromatic nitrogens is 1. The van der Waals surface area contributed by atoms with Gasteiger partial charge < -0.3 is 9.67 Å². The number of benzene rings is 1. The van der Waals surface area contributed by atoms with E-state index >= 15 is 0 Å². The lowest BCUT2D eigenvalue weighted by molar-refractivity contribution is 0.112. The number of carbonyl (C=O) groups excluding carboxylic acids is 1. The maximum atomic E-state index is 11.0. The highest BCUT2D eigenvalue weighted by Crippen LogP contribution is 2.20. The molecule has 1 N–H and O–H groups in total. The van der Waals surface area contributed by atoms with E-state index in [-0.39, 0.29) is 6.61 Å². The smallest absolute Gasteiger partial charge is 0.152 e. The van der Waals surface area contributed by atoms with Crippen LogP contribution in [-0.2, 0) is 6.67 Å². The Hall–Kier alpha value is -1.65. The molecule has 2 rings (SSSR count). The average molecular weight is 246 g/mol. The topological polar surface area (TPSA) is 45.5 Å². The van der Waals surface area contributed by atoms with E-state index in [0.717, 1.165) is 23.7 Å². The number of hydrogen-bond acceptors (Lipinski definition) is 3. The predicted octanol–water partition coefficient (Wildman–Crippen LogP) is 1.73. The number of aldehydes is 1. The highest BCUT2D eigenvalue weighted by molar-refractivity contribution is 5.97. The molecule has 0 aliphatic rings. The van der Waals surface area contributed by atoms with Crippen LogP contribution in [0.5, 0.6) is 0 Å². The van der Waals surface area contributed by atoms with Crippen molar-refractivity contribution < 1.29 is 9.90 Å². The fraction of sp³-hybridized carbons (Fsp3) is 0.357. The minimum atomic E-state index is 0.146. The van der Waals surface area contributed by atoms with Gasteiger partial charge in [0.25, 0.3) is 0 Å². The van der Waals surface area contributed by atoms with Crippen LogP contribution in [0.1, 0.15) is 17.3 Å². The molecule has 4 nitrogen and oxygen atoms in total. The lowest BCUT2D eigenvalue weighted by atomic mass is 10.2. The molecule has 0 unspecified atom stereocenters. The van der Waals surface area contributed by atoms with Gasteiger partial charge in [-0.1, -0.05) is 25.1 Å². The summed E-state index contributed by atoms with van der Waals surface area (Å²) in [6.45, 7) is 4.39. The molecule has 0 aliphatic carbocycles. The number of aliphatic hydroxyl groups excluding tert-OH is 1. The van der Waals surface area contributed by atoms with Gasteiger partial charge in [-0.15, -0.1) is 0 Å². The Morgan fingerprint density at radius 3 is 2.83 bits per heavy atom. The lowest BCUT2D eigenvalue weighted by Crippen LogP contribution is -2.28. The molecule has 0 aliphatic heterocycles. The second-order valence-electron chi connectivity index (χ2n) is 4.26. The summed E-state index contributed by atoms with van der Waals surface area (Å²) < 4.78 is 2.05. The molecule has 0 atom stereocenters. The zero-order valence-electron chi connectivity index (χ0n) is 10.5. The molecule has 0 amide bonds. The van der Waals surface area contributed by atoms with Crippen LogP contribution in [0.2, 0.25) is 0 Å². The number of nitrogens with zero attached hydrogens (tertiary/aromatic N) is 2. The van der Waals surface area contributed by atoms with Gasteiger partial charge in [-0.2, -0.15) is 0 Å². The van der Waals surface area contributed by atoms with E-state index in [4.69, 9.17) is 5.11 Å². The minimum absolute atomic E-state index is 0.146. The highest BCUT2D eigenvalue weighted by Gasteiger charge is 2.09. The number of hydrogen-bond donors (Lipinski definition) is 1. The molecular weight excluding hydrogens is 228 g/mol. The lowest BCUT2D eigenvalue weighted by Gasteiger charge is -2.20. The SMILES string of the molecule is CCN(CCO)Cn1cc(C=O)c2ccccc21. The first kappa shape index (κ1) is 12.8. The van der Waals surface area contributed by atoms with Crippen molar-refractivity contribution in [2.75, 3.05) is 19.7 Å². The quantitative estimate of drug-likeness (QED) is 0.789. The molecule has 0 spiro atoms. The van der Waals surface area contributed by atoms with E-state index in [1.807, 2.05) is 30.5 Å². The first-order chi connectivity index (χ1) is 8.80. The van der Waals surface area contributed by atoms with Crippen molar-refractivity contribution in [1.29, 1.82) is 0 Å². The van der Waals surface area contributed by atoms with Gasteiger partial charge in [0, 0.05) is 29.2 Å². The summed E-state index contributed by atoms with van der Waals surface area (Å²) >= 11 is 0. The van der Waals surface area contributed by atoms with E-state index in [0.29, 0.717) is 18.8 Å². The Morgan fingerprint density at radius 1 is 1.39 bits per heavy atom. The van der Waals surface area contributed by atoms with E-state index in [2.05, 4.69) is 16.4 Å². The van der Waals surface area contributed by atoms with Crippen molar-refractivity contribution in [3.05, 3.63) is 36.0 Å². The van der Waals surface area contributed by atoms with Gasteiger partial charge in [0.1, 0.15) is 0 Å². The first-order valence-electron chi connectivity index (χ1n) is 6.16. The van der Waals surface area contributed by atoms with Crippen LogP contribution in [0.25, 0.3) is 10.9 Å². The fourth-order valence-corrected chi connectivity index (χ4v) is 2.17. The maximum absolute atomic E-state index is 11.0. The monoisotopic (exact) mass is 246 g/mol. The van der Waals surface area contributed by atoms with E-state index in [1.165, 1.54) is 0 Å². The summed E-state index contributed by atoms with van der Waals surface area (Å²) in [6.07, 6.45) is 2.76. The van der Waals surface area contributed by atoms with Crippen molar-refractivity contribution in [3.63, 3.8) is 0 Å². The first-order valence-corrected chi connectivity index (χ1v) is 6.16. The third-order valence-electron chi connectivity index (χ3n) is 3.16. The normalized spacial score (nSPS) is 11.3. The molecule has 4 heteroatoms. The van der Waals surface area contributed by atoms with Gasteiger partial charge in [-0.05, 0) is 12.6 Å². The van der Waals surface area contributed by atoms with Gasteiger partial charge in [-0.3, -0.25) is 9.69 Å². The summed E-state index contributed by atoms with van der Waals surface area (Å²) in [5.74, 6) is 0. The van der Waals surface area contributed by atoms with Crippen LogP contribution in [0.4, 0.5) is 0 Å². The number of rotatable bonds is 6. The highest BCUT2D eigenvalue weighted by atomic mass is 16.3. The van der Waals surface area contributed by atoms with Crippen molar-refractivity contribution in [1.82, 2.24) is 9.47 Å². The molecule has 1 heterocycles. The van der Waals surface area contributed by atoms with Crippen molar-refractivity contribution in [2.24, 2.45) is 0 Å². The molecule has 0 fully saturated rings. The Balaban J connectivity index is 2.35. The second-order valence-corrected chi connectivity index (χ2v) is 4.26. The molecule has 0 radical (unpaired) electrons. The second kappa shape index (κ2) is 5.80. The van der Waals surface area contributed by atoms with Crippen LogP contribution in [0, 0.1) is 0 Å². The van der Waals surface area contributed by atoms with E-state index < -0.39 is 0 Å². The van der Waals surface area contributed by atoms with Crippen molar-refractivity contribution in [3.8, 4) is 0 Å². The largest absolute Gasteiger partial charge is 0.395 e. The van der Waals surface area contributed by atoms with Gasteiger partial charge in [-0.25, -0.2) is 0 Å². The van der Waals surface area contributed by atoms with E-state index in [1.54, 1.807) is 0 Å². The Labute approximate surface area is 106 Å². The Morgan fingerprint density at radius 2 is 2.17 bits per heavy atom. The summed E-state index contributed by atoms with van der Waals surface area (Å²) in [5, 5.41) is 9.98. The molecule has 0 saturated heterocycles. The average Bonchev–Trinajstić information content (AvgIpc) is 2.76. The summed E-state index contributed by atoms with van der Waals surface area (Å²) in [4.78, 5) is 13.2. The Kier molecular flexibility index (Phi) is 4.12. The summed E-state index contributed by atoms with van der Waals surface area (Å²) in [6, 6.07) is 7.87. The number of carbonyl (C=O) groups is 1. The van der Waals surface area contributed by atoms with Crippen LogP contribution >= 0.6 is 0 Å². The molecular formula is C14H18N2O2. The predicted molar refractivity (Wildman–Crippen MR) is 71.7 cm³/mol. The van der Waals surface area contributed by atoms with Crippen LogP contribution < -0.4 is 0 Å². The number of likely N-dealkylation sites (N-methyl/N-ethyl adjacent to an activating group) is 1. The third-order valence-corrected chi connectivity index (χ3v) is 3.16. The van der Waals surface area contributed by atoms with Crippen LogP contribution in [0.3, 0.4) is 0 Å². The molecule has 0 saturated carbocycles. The molecule has 2 aromatic rings. The van der Waals surface area contributed by atoms with Crippen molar-refractivity contribution >= 4 is 17.2 Å². The fourth-order valence-electron chi connectivity index (χ4n) is 2.17. The standard InChI is InChI=1S/C14H18N2O2/c1-2-15(7-8-17)11-16-9-12(10-18)13-5-3-4-6-14(13)16/h3-6,9-10,17H,2,7-8,11H2,1H3. The minimum Gasteiger partial charge on any atom is -0.395 e. The molecule has 1 aromatic heterocycles. The maximum Gasteiger partial charge on any atom is 0.152 e. The number of para-hydroxylation sites is 1. The Bertz CT molecular complexity index is 534. The van der Waals surface area contributed by atoms with Gasteiger partial charge in [0.05, 0.1) is 13.3 Å². The molecule has 18 heavy (non-hydrogen) atoms. The zero-order chi connectivity index (χ0) is 13.0. The van der Waals surface area contributed by atoms with E-state index in [9.17, 15) is 4.79 Å². The molecule has 0 bridgehead atoms. The summed E-state index contributed by atoms with van der Waals surface area (Å²) in [7, 11) is 0.